The van der Waals surface area contributed by atoms with E-state index in [-0.39, 0.29) is 5.56 Å². The van der Waals surface area contributed by atoms with Gasteiger partial charge in [-0.2, -0.15) is 13.2 Å². The van der Waals surface area contributed by atoms with Crippen LogP contribution in [-0.4, -0.2) is 18.0 Å². The maximum absolute atomic E-state index is 12.2. The fourth-order valence-electron chi connectivity index (χ4n) is 0.941. The second kappa shape index (κ2) is 3.76. The Balaban J connectivity index is 3.25. The Morgan fingerprint density at radius 2 is 2.07 bits per heavy atom. The number of carbonyl (C=O) groups is 1. The second-order valence-corrected chi connectivity index (χ2v) is 2.62. The highest BCUT2D eigenvalue weighted by Gasteiger charge is 2.33. The van der Waals surface area contributed by atoms with Crippen LogP contribution < -0.4 is 10.5 Å². The number of hydrogen-bond donors (Lipinski definition) is 1. The Morgan fingerprint density at radius 1 is 1.47 bits per heavy atom. The van der Waals surface area contributed by atoms with Crippen LogP contribution in [0.4, 0.5) is 13.2 Å². The summed E-state index contributed by atoms with van der Waals surface area (Å²) < 4.78 is 41.1. The first-order chi connectivity index (χ1) is 6.86. The van der Waals surface area contributed by atoms with Gasteiger partial charge in [-0.1, -0.05) is 0 Å². The number of halogens is 3. The number of nitrogens with two attached hydrogens (primary N) is 1. The highest BCUT2D eigenvalue weighted by molar-refractivity contribution is 5.95. The van der Waals surface area contributed by atoms with Crippen LogP contribution in [0.3, 0.4) is 0 Å². The molecule has 15 heavy (non-hydrogen) atoms. The predicted octanol–water partition coefficient (Wildman–Crippen LogP) is 1.21. The number of pyridine rings is 1. The van der Waals surface area contributed by atoms with Crippen LogP contribution in [0.5, 0.6) is 5.88 Å². The summed E-state index contributed by atoms with van der Waals surface area (Å²) in [6, 6.07) is 1.60. The van der Waals surface area contributed by atoms with Crippen molar-refractivity contribution < 1.29 is 22.7 Å². The van der Waals surface area contributed by atoms with Gasteiger partial charge in [0.05, 0.1) is 7.11 Å². The molecule has 0 aliphatic rings. The zero-order valence-electron chi connectivity index (χ0n) is 7.63. The zero-order chi connectivity index (χ0) is 11.6. The summed E-state index contributed by atoms with van der Waals surface area (Å²) in [5.74, 6) is -1.33. The van der Waals surface area contributed by atoms with Crippen molar-refractivity contribution >= 4 is 5.91 Å². The fraction of sp³-hybridized carbons (Fsp3) is 0.250. The number of rotatable bonds is 2. The molecule has 0 fully saturated rings. The van der Waals surface area contributed by atoms with Gasteiger partial charge >= 0.3 is 6.18 Å². The smallest absolute Gasteiger partial charge is 0.433 e. The van der Waals surface area contributed by atoms with E-state index in [0.29, 0.717) is 6.07 Å². The monoisotopic (exact) mass is 220 g/mol. The Kier molecular flexibility index (Phi) is 2.83. The number of hydrogen-bond acceptors (Lipinski definition) is 3. The third kappa shape index (κ3) is 2.36. The molecule has 0 atom stereocenters. The van der Waals surface area contributed by atoms with Gasteiger partial charge < -0.3 is 10.5 Å². The summed E-state index contributed by atoms with van der Waals surface area (Å²) in [5, 5.41) is 0. The third-order valence-electron chi connectivity index (χ3n) is 1.61. The molecule has 0 saturated heterocycles. The molecule has 7 heteroatoms. The van der Waals surface area contributed by atoms with Crippen molar-refractivity contribution in [2.24, 2.45) is 5.73 Å². The Morgan fingerprint density at radius 3 is 2.47 bits per heavy atom. The lowest BCUT2D eigenvalue weighted by Crippen LogP contribution is -2.16. The van der Waals surface area contributed by atoms with Crippen molar-refractivity contribution in [2.45, 2.75) is 6.18 Å². The molecule has 0 aromatic carbocycles. The molecule has 0 bridgehead atoms. The van der Waals surface area contributed by atoms with Gasteiger partial charge in [0.1, 0.15) is 11.3 Å². The first kappa shape index (κ1) is 11.3. The minimum atomic E-state index is -4.58. The van der Waals surface area contributed by atoms with Gasteiger partial charge in [0.2, 0.25) is 5.88 Å². The summed E-state index contributed by atoms with van der Waals surface area (Å²) in [5.41, 5.74) is 3.58. The van der Waals surface area contributed by atoms with E-state index in [2.05, 4.69) is 9.72 Å². The number of aromatic nitrogens is 1. The van der Waals surface area contributed by atoms with E-state index in [4.69, 9.17) is 5.73 Å². The number of ether oxygens (including phenoxy) is 1. The molecule has 2 N–H and O–H groups in total. The lowest BCUT2D eigenvalue weighted by atomic mass is 10.2. The van der Waals surface area contributed by atoms with Crippen LogP contribution in [0.25, 0.3) is 0 Å². The van der Waals surface area contributed by atoms with E-state index in [1.165, 1.54) is 0 Å². The van der Waals surface area contributed by atoms with Crippen LogP contribution in [0.1, 0.15) is 16.1 Å². The van der Waals surface area contributed by atoms with Crippen LogP contribution in [0.15, 0.2) is 12.1 Å². The highest BCUT2D eigenvalue weighted by Crippen LogP contribution is 2.29. The van der Waals surface area contributed by atoms with E-state index in [9.17, 15) is 18.0 Å². The fourth-order valence-corrected chi connectivity index (χ4v) is 0.941. The van der Waals surface area contributed by atoms with Gasteiger partial charge in [-0.3, -0.25) is 4.79 Å². The third-order valence-corrected chi connectivity index (χ3v) is 1.61. The van der Waals surface area contributed by atoms with Gasteiger partial charge in [0.25, 0.3) is 5.91 Å². The summed E-state index contributed by atoms with van der Waals surface area (Å²) in [7, 11) is 1.11. The number of primary amides is 1. The van der Waals surface area contributed by atoms with E-state index >= 15 is 0 Å². The standard InChI is InChI=1S/C8H7F3N2O2/c1-15-7-4(6(12)14)2-3-5(13-7)8(9,10)11/h2-3H,1H3,(H2,12,14). The van der Waals surface area contributed by atoms with Crippen molar-refractivity contribution in [2.75, 3.05) is 7.11 Å². The summed E-state index contributed by atoms with van der Waals surface area (Å²) in [6.07, 6.45) is -4.58. The maximum atomic E-state index is 12.2. The molecule has 1 heterocycles. The van der Waals surface area contributed by atoms with E-state index in [1.807, 2.05) is 0 Å². The molecule has 0 saturated carbocycles. The Labute approximate surface area is 82.9 Å². The molecule has 1 rings (SSSR count). The number of amides is 1. The average Bonchev–Trinajstić information content (AvgIpc) is 2.15. The van der Waals surface area contributed by atoms with Crippen LogP contribution in [-0.2, 0) is 6.18 Å². The van der Waals surface area contributed by atoms with Crippen LogP contribution in [0, 0.1) is 0 Å². The molecular weight excluding hydrogens is 213 g/mol. The summed E-state index contributed by atoms with van der Waals surface area (Å²) in [6.45, 7) is 0. The average molecular weight is 220 g/mol. The van der Waals surface area contributed by atoms with E-state index < -0.39 is 23.7 Å². The van der Waals surface area contributed by atoms with E-state index in [0.717, 1.165) is 13.2 Å². The van der Waals surface area contributed by atoms with Crippen LogP contribution >= 0.6 is 0 Å². The molecule has 4 nitrogen and oxygen atoms in total. The lowest BCUT2D eigenvalue weighted by Gasteiger charge is -2.09. The van der Waals surface area contributed by atoms with Crippen molar-refractivity contribution in [3.05, 3.63) is 23.4 Å². The second-order valence-electron chi connectivity index (χ2n) is 2.62. The summed E-state index contributed by atoms with van der Waals surface area (Å²) >= 11 is 0. The molecule has 1 amide bonds. The topological polar surface area (TPSA) is 65.2 Å². The van der Waals surface area contributed by atoms with Gasteiger partial charge in [0, 0.05) is 0 Å². The molecule has 82 valence electrons. The maximum Gasteiger partial charge on any atom is 0.433 e. The Bertz CT molecular complexity index is 390. The number of methoxy groups -OCH3 is 1. The van der Waals surface area contributed by atoms with Crippen molar-refractivity contribution in [3.63, 3.8) is 0 Å². The first-order valence-electron chi connectivity index (χ1n) is 3.78. The molecule has 0 aliphatic carbocycles. The van der Waals surface area contributed by atoms with Crippen LogP contribution in [0.2, 0.25) is 0 Å². The number of alkyl halides is 3. The normalized spacial score (nSPS) is 11.2. The summed E-state index contributed by atoms with van der Waals surface area (Å²) in [4.78, 5) is 13.9. The van der Waals surface area contributed by atoms with Crippen molar-refractivity contribution in [1.82, 2.24) is 4.98 Å². The largest absolute Gasteiger partial charge is 0.480 e. The van der Waals surface area contributed by atoms with Gasteiger partial charge in [-0.25, -0.2) is 4.98 Å². The van der Waals surface area contributed by atoms with Crippen molar-refractivity contribution in [3.8, 4) is 5.88 Å². The van der Waals surface area contributed by atoms with Gasteiger partial charge in [-0.15, -0.1) is 0 Å². The van der Waals surface area contributed by atoms with Gasteiger partial charge in [-0.05, 0) is 12.1 Å². The molecule has 1 aromatic heterocycles. The van der Waals surface area contributed by atoms with Gasteiger partial charge in [0.15, 0.2) is 0 Å². The number of carbonyl (C=O) groups excluding carboxylic acids is 1. The minimum Gasteiger partial charge on any atom is -0.480 e. The lowest BCUT2D eigenvalue weighted by molar-refractivity contribution is -0.141. The quantitative estimate of drug-likeness (QED) is 0.814. The predicted molar refractivity (Wildman–Crippen MR) is 44.3 cm³/mol. The Hall–Kier alpha value is -1.79. The molecule has 0 radical (unpaired) electrons. The minimum absolute atomic E-state index is 0.189. The SMILES string of the molecule is COc1nc(C(F)(F)F)ccc1C(N)=O. The molecule has 0 aliphatic heterocycles. The zero-order valence-corrected chi connectivity index (χ0v) is 7.63. The van der Waals surface area contributed by atoms with E-state index in [1.54, 1.807) is 0 Å². The molecular formula is C8H7F3N2O2. The first-order valence-corrected chi connectivity index (χ1v) is 3.78. The molecule has 1 aromatic rings. The number of nitrogens with zero attached hydrogens (tertiary/aromatic N) is 1. The highest BCUT2D eigenvalue weighted by atomic mass is 19.4. The molecule has 0 spiro atoms. The molecule has 0 unspecified atom stereocenters. The van der Waals surface area contributed by atoms with Crippen molar-refractivity contribution in [1.29, 1.82) is 0 Å².